The lowest BCUT2D eigenvalue weighted by Crippen LogP contribution is -2.27. The second kappa shape index (κ2) is 18.4. The molecule has 2 atom stereocenters. The first-order valence-corrected chi connectivity index (χ1v) is 12.7. The van der Waals surface area contributed by atoms with E-state index in [0.717, 1.165) is 25.7 Å². The second-order valence-electron chi connectivity index (χ2n) is 8.52. The van der Waals surface area contributed by atoms with Gasteiger partial charge >= 0.3 is 12.1 Å². The quantitative estimate of drug-likeness (QED) is 0.127. The molecular weight excluding hydrogens is 420 g/mol. The molecule has 6 nitrogen and oxygen atoms in total. The van der Waals surface area contributed by atoms with Crippen molar-refractivity contribution in [1.29, 1.82) is 0 Å². The summed E-state index contributed by atoms with van der Waals surface area (Å²) < 4.78 is 21.2. The standard InChI is InChI=1S/C27H44O6/c1-5-8-9-10-11-12-13-14-16-24(15-6-2)32-23(7-3)21-31-26(28)22-17-19-25(20-18-22)33-27(29)30-4/h17-20,23-24H,5-16,21H2,1-4H3/t23-,24?/m0/s1. The lowest BCUT2D eigenvalue weighted by atomic mass is 10.0. The van der Waals surface area contributed by atoms with Gasteiger partial charge in [0.2, 0.25) is 0 Å². The van der Waals surface area contributed by atoms with Crippen molar-refractivity contribution in [2.45, 2.75) is 110 Å². The van der Waals surface area contributed by atoms with E-state index >= 15 is 0 Å². The minimum atomic E-state index is -0.804. The van der Waals surface area contributed by atoms with Gasteiger partial charge in [-0.05, 0) is 43.5 Å². The van der Waals surface area contributed by atoms with Gasteiger partial charge in [0, 0.05) is 0 Å². The number of rotatable bonds is 18. The predicted molar refractivity (Wildman–Crippen MR) is 131 cm³/mol. The third-order valence-electron chi connectivity index (χ3n) is 5.69. The monoisotopic (exact) mass is 464 g/mol. The molecule has 0 amide bonds. The van der Waals surface area contributed by atoms with E-state index in [1.54, 1.807) is 12.1 Å². The van der Waals surface area contributed by atoms with Crippen LogP contribution in [0.3, 0.4) is 0 Å². The van der Waals surface area contributed by atoms with Crippen LogP contribution in [-0.4, -0.2) is 38.0 Å². The molecule has 0 saturated heterocycles. The predicted octanol–water partition coefficient (Wildman–Crippen LogP) is 7.48. The highest BCUT2D eigenvalue weighted by atomic mass is 16.7. The van der Waals surface area contributed by atoms with Crippen LogP contribution in [0.1, 0.15) is 108 Å². The molecule has 1 rings (SSSR count). The van der Waals surface area contributed by atoms with E-state index in [9.17, 15) is 9.59 Å². The Kier molecular flexibility index (Phi) is 16.1. The first-order valence-electron chi connectivity index (χ1n) is 12.7. The van der Waals surface area contributed by atoms with E-state index in [4.69, 9.17) is 14.2 Å². The highest BCUT2D eigenvalue weighted by molar-refractivity contribution is 5.89. The van der Waals surface area contributed by atoms with Crippen LogP contribution in [0.25, 0.3) is 0 Å². The Labute approximate surface area is 200 Å². The third-order valence-corrected chi connectivity index (χ3v) is 5.69. The molecule has 0 spiro atoms. The molecule has 1 aromatic rings. The maximum Gasteiger partial charge on any atom is 0.513 e. The summed E-state index contributed by atoms with van der Waals surface area (Å²) in [6.07, 6.45) is 13.7. The minimum absolute atomic E-state index is 0.110. The summed E-state index contributed by atoms with van der Waals surface area (Å²) in [6, 6.07) is 6.18. The van der Waals surface area contributed by atoms with Crippen LogP contribution >= 0.6 is 0 Å². The summed E-state index contributed by atoms with van der Waals surface area (Å²) in [7, 11) is 1.24. The van der Waals surface area contributed by atoms with Crippen molar-refractivity contribution in [2.75, 3.05) is 13.7 Å². The van der Waals surface area contributed by atoms with Gasteiger partial charge in [0.25, 0.3) is 0 Å². The number of carbonyl (C=O) groups is 2. The maximum atomic E-state index is 12.4. The van der Waals surface area contributed by atoms with Crippen molar-refractivity contribution >= 4 is 12.1 Å². The molecule has 0 aromatic heterocycles. The van der Waals surface area contributed by atoms with Gasteiger partial charge < -0.3 is 18.9 Å². The molecule has 1 aromatic carbocycles. The van der Waals surface area contributed by atoms with Gasteiger partial charge in [-0.15, -0.1) is 0 Å². The van der Waals surface area contributed by atoms with Crippen LogP contribution < -0.4 is 4.74 Å². The molecule has 1 unspecified atom stereocenters. The Morgan fingerprint density at radius 1 is 0.788 bits per heavy atom. The summed E-state index contributed by atoms with van der Waals surface area (Å²) in [5, 5.41) is 0. The van der Waals surface area contributed by atoms with Gasteiger partial charge in [0.15, 0.2) is 0 Å². The van der Waals surface area contributed by atoms with Crippen molar-refractivity contribution in [2.24, 2.45) is 0 Å². The van der Waals surface area contributed by atoms with Gasteiger partial charge in [0.05, 0.1) is 24.9 Å². The van der Waals surface area contributed by atoms with Crippen LogP contribution in [0.4, 0.5) is 4.79 Å². The molecule has 0 radical (unpaired) electrons. The summed E-state index contributed by atoms with van der Waals surface area (Å²) in [5.74, 6) is -0.117. The van der Waals surface area contributed by atoms with Crippen LogP contribution in [-0.2, 0) is 14.2 Å². The van der Waals surface area contributed by atoms with E-state index in [2.05, 4.69) is 25.5 Å². The highest BCUT2D eigenvalue weighted by Gasteiger charge is 2.18. The van der Waals surface area contributed by atoms with Crippen molar-refractivity contribution in [1.82, 2.24) is 0 Å². The zero-order chi connectivity index (χ0) is 24.3. The Hall–Kier alpha value is -2.08. The SMILES string of the molecule is CCCCCCCCCCC(CCC)O[C@@H](CC)COC(=O)c1ccc(OC(=O)OC)cc1. The fourth-order valence-electron chi connectivity index (χ4n) is 3.68. The largest absolute Gasteiger partial charge is 0.513 e. The number of methoxy groups -OCH3 is 1. The summed E-state index contributed by atoms with van der Waals surface area (Å²) in [4.78, 5) is 23.5. The zero-order valence-corrected chi connectivity index (χ0v) is 21.1. The lowest BCUT2D eigenvalue weighted by molar-refractivity contribution is -0.0548. The number of hydrogen-bond donors (Lipinski definition) is 0. The van der Waals surface area contributed by atoms with Gasteiger partial charge in [0.1, 0.15) is 12.4 Å². The maximum absolute atomic E-state index is 12.4. The van der Waals surface area contributed by atoms with E-state index in [0.29, 0.717) is 11.3 Å². The smallest absolute Gasteiger partial charge is 0.459 e. The van der Waals surface area contributed by atoms with Crippen molar-refractivity contribution in [3.63, 3.8) is 0 Å². The normalized spacial score (nSPS) is 12.7. The number of carbonyl (C=O) groups excluding carboxylic acids is 2. The summed E-state index contributed by atoms with van der Waals surface area (Å²) in [6.45, 7) is 6.71. The topological polar surface area (TPSA) is 71.1 Å². The molecule has 0 saturated carbocycles. The van der Waals surface area contributed by atoms with Gasteiger partial charge in [-0.1, -0.05) is 78.6 Å². The molecule has 0 bridgehead atoms. The first kappa shape index (κ1) is 29.0. The summed E-state index contributed by atoms with van der Waals surface area (Å²) >= 11 is 0. The van der Waals surface area contributed by atoms with Crippen molar-refractivity contribution < 1.29 is 28.5 Å². The van der Waals surface area contributed by atoms with Crippen molar-refractivity contribution in [3.8, 4) is 5.75 Å². The number of unbranched alkanes of at least 4 members (excludes halogenated alkanes) is 7. The average Bonchev–Trinajstić information content (AvgIpc) is 2.83. The number of hydrogen-bond acceptors (Lipinski definition) is 6. The van der Waals surface area contributed by atoms with E-state index < -0.39 is 12.1 Å². The fraction of sp³-hybridized carbons (Fsp3) is 0.704. The molecule has 0 aliphatic heterocycles. The van der Waals surface area contributed by atoms with E-state index in [1.807, 2.05) is 0 Å². The van der Waals surface area contributed by atoms with Gasteiger partial charge in [-0.2, -0.15) is 0 Å². The van der Waals surface area contributed by atoms with Gasteiger partial charge in [-0.3, -0.25) is 0 Å². The lowest BCUT2D eigenvalue weighted by Gasteiger charge is -2.24. The molecule has 0 fully saturated rings. The van der Waals surface area contributed by atoms with E-state index in [1.165, 1.54) is 70.6 Å². The number of esters is 1. The molecule has 0 aliphatic rings. The highest BCUT2D eigenvalue weighted by Crippen LogP contribution is 2.18. The van der Waals surface area contributed by atoms with Crippen LogP contribution in [0.2, 0.25) is 0 Å². The minimum Gasteiger partial charge on any atom is -0.459 e. The Morgan fingerprint density at radius 2 is 1.42 bits per heavy atom. The fourth-order valence-corrected chi connectivity index (χ4v) is 3.68. The van der Waals surface area contributed by atoms with Crippen molar-refractivity contribution in [3.05, 3.63) is 29.8 Å². The zero-order valence-electron chi connectivity index (χ0n) is 21.1. The molecule has 33 heavy (non-hydrogen) atoms. The molecule has 188 valence electrons. The Balaban J connectivity index is 2.39. The Bertz CT molecular complexity index is 643. The Morgan fingerprint density at radius 3 is 2.00 bits per heavy atom. The van der Waals surface area contributed by atoms with Crippen LogP contribution in [0, 0.1) is 0 Å². The number of benzene rings is 1. The second-order valence-corrected chi connectivity index (χ2v) is 8.52. The average molecular weight is 465 g/mol. The molecular formula is C27H44O6. The molecule has 0 aliphatic carbocycles. The third kappa shape index (κ3) is 13.3. The van der Waals surface area contributed by atoms with Crippen LogP contribution in [0.15, 0.2) is 24.3 Å². The molecule has 0 N–H and O–H groups in total. The molecule has 6 heteroatoms. The van der Waals surface area contributed by atoms with Gasteiger partial charge in [-0.25, -0.2) is 9.59 Å². The molecule has 0 heterocycles. The van der Waals surface area contributed by atoms with Crippen LogP contribution in [0.5, 0.6) is 5.75 Å². The summed E-state index contributed by atoms with van der Waals surface area (Å²) in [5.41, 5.74) is 0.395. The van der Waals surface area contributed by atoms with E-state index in [-0.39, 0.29) is 18.8 Å². The number of ether oxygens (including phenoxy) is 4. The first-order chi connectivity index (χ1) is 16.0.